The molecule has 0 aliphatic heterocycles. The Bertz CT molecular complexity index is 1630. The molecular weight excluding hydrogens is 765 g/mol. The molecule has 0 spiro atoms. The van der Waals surface area contributed by atoms with Gasteiger partial charge in [0.25, 0.3) is 0 Å². The molecule has 0 amide bonds. The molecule has 63 heavy (non-hydrogen) atoms. The number of aryl methyl sites for hydroxylation is 2. The van der Waals surface area contributed by atoms with Crippen molar-refractivity contribution in [3.05, 3.63) is 107 Å². The summed E-state index contributed by atoms with van der Waals surface area (Å²) in [6, 6.07) is 27.9. The molecule has 3 heteroatoms. The summed E-state index contributed by atoms with van der Waals surface area (Å²) in [4.78, 5) is 9.93. The Labute approximate surface area is 386 Å². The van der Waals surface area contributed by atoms with Gasteiger partial charge < -0.3 is 4.74 Å². The highest BCUT2D eigenvalue weighted by Crippen LogP contribution is 2.47. The third-order valence-electron chi connectivity index (χ3n) is 15.2. The number of hydrogen-bond donors (Lipinski definition) is 0. The van der Waals surface area contributed by atoms with E-state index in [0.717, 1.165) is 36.1 Å². The van der Waals surface area contributed by atoms with Crippen LogP contribution in [0.25, 0.3) is 22.5 Å². The average Bonchev–Trinajstić information content (AvgIpc) is 3.33. The van der Waals surface area contributed by atoms with Crippen LogP contribution >= 0.6 is 0 Å². The predicted octanol–water partition coefficient (Wildman–Crippen LogP) is 18.4. The monoisotopic (exact) mass is 853 g/mol. The van der Waals surface area contributed by atoms with Crippen molar-refractivity contribution in [1.82, 2.24) is 9.97 Å². The summed E-state index contributed by atoms with van der Waals surface area (Å²) in [6.07, 6.45) is 41.2. The van der Waals surface area contributed by atoms with Crippen molar-refractivity contribution in [1.29, 1.82) is 0 Å². The fourth-order valence-electron chi connectivity index (χ4n) is 11.0. The summed E-state index contributed by atoms with van der Waals surface area (Å²) in [5, 5.41) is 0. The molecule has 0 bridgehead atoms. The van der Waals surface area contributed by atoms with E-state index in [2.05, 4.69) is 113 Å². The standard InChI is InChI=1S/C60H88N2O/c1-5-9-13-15-19-23-49-29-43-57(61-45-49)51-35-39-55(40-36-51)59(53-31-25-47(26-32-53)21-17-11-7-3)63-60(54-33-27-48(28-34-54)22-18-12-8-4)56-41-37-52(38-42-56)58-44-30-50(46-62-58)24-20-16-14-10-6-2/h29-30,35-48,53-54,59-60H,5-28,31-34H2,1-4H3. The van der Waals surface area contributed by atoms with Crippen molar-refractivity contribution < 1.29 is 4.74 Å². The second-order valence-corrected chi connectivity index (χ2v) is 20.2. The van der Waals surface area contributed by atoms with E-state index in [1.54, 1.807) is 0 Å². The van der Waals surface area contributed by atoms with Gasteiger partial charge in [-0.15, -0.1) is 0 Å². The molecule has 2 aliphatic rings. The Hall–Kier alpha value is -3.30. The Morgan fingerprint density at radius 1 is 0.413 bits per heavy atom. The second kappa shape index (κ2) is 27.9. The van der Waals surface area contributed by atoms with Crippen LogP contribution in [0, 0.1) is 23.7 Å². The number of nitrogens with zero attached hydrogens (tertiary/aromatic N) is 2. The minimum Gasteiger partial charge on any atom is -0.365 e. The van der Waals surface area contributed by atoms with E-state index in [9.17, 15) is 0 Å². The van der Waals surface area contributed by atoms with Crippen LogP contribution in [0.4, 0.5) is 0 Å². The Morgan fingerprint density at radius 3 is 1.13 bits per heavy atom. The molecular formula is C60H88N2O. The lowest BCUT2D eigenvalue weighted by molar-refractivity contribution is -0.0907. The highest BCUT2D eigenvalue weighted by atomic mass is 16.5. The number of unbranched alkanes of at least 4 members (excludes halogenated alkanes) is 12. The van der Waals surface area contributed by atoms with Gasteiger partial charge in [-0.1, -0.05) is 217 Å². The van der Waals surface area contributed by atoms with Crippen LogP contribution in [0.1, 0.15) is 229 Å². The first-order valence-electron chi connectivity index (χ1n) is 26.8. The maximum absolute atomic E-state index is 7.78. The fourth-order valence-corrected chi connectivity index (χ4v) is 11.0. The van der Waals surface area contributed by atoms with Crippen LogP contribution in [-0.2, 0) is 17.6 Å². The van der Waals surface area contributed by atoms with E-state index in [4.69, 9.17) is 14.7 Å². The summed E-state index contributed by atoms with van der Waals surface area (Å²) in [7, 11) is 0. The van der Waals surface area contributed by atoms with Crippen molar-refractivity contribution in [2.75, 3.05) is 0 Å². The first-order valence-corrected chi connectivity index (χ1v) is 26.8. The van der Waals surface area contributed by atoms with Crippen molar-refractivity contribution >= 4 is 0 Å². The van der Waals surface area contributed by atoms with Gasteiger partial charge >= 0.3 is 0 Å². The lowest BCUT2D eigenvalue weighted by Gasteiger charge is -2.40. The van der Waals surface area contributed by atoms with Gasteiger partial charge in [0, 0.05) is 23.5 Å². The summed E-state index contributed by atoms with van der Waals surface area (Å²) in [5.74, 6) is 2.83. The zero-order valence-corrected chi connectivity index (χ0v) is 40.6. The second-order valence-electron chi connectivity index (χ2n) is 20.2. The summed E-state index contributed by atoms with van der Waals surface area (Å²) >= 11 is 0. The van der Waals surface area contributed by atoms with Crippen LogP contribution in [0.5, 0.6) is 0 Å². The van der Waals surface area contributed by atoms with Crippen molar-refractivity contribution in [3.8, 4) is 22.5 Å². The summed E-state index contributed by atoms with van der Waals surface area (Å²) < 4.78 is 7.78. The van der Waals surface area contributed by atoms with Crippen molar-refractivity contribution in [2.45, 2.75) is 220 Å². The first kappa shape index (κ1) is 49.1. The third-order valence-corrected chi connectivity index (χ3v) is 15.2. The van der Waals surface area contributed by atoms with Crippen molar-refractivity contribution in [2.24, 2.45) is 23.7 Å². The van der Waals surface area contributed by atoms with Gasteiger partial charge in [-0.2, -0.15) is 0 Å². The number of aromatic nitrogens is 2. The lowest BCUT2D eigenvalue weighted by atomic mass is 9.74. The Morgan fingerprint density at radius 2 is 0.778 bits per heavy atom. The fraction of sp³-hybridized carbons (Fsp3) is 0.633. The van der Waals surface area contributed by atoms with Gasteiger partial charge in [0.15, 0.2) is 0 Å². The molecule has 2 unspecified atom stereocenters. The van der Waals surface area contributed by atoms with Gasteiger partial charge in [-0.25, -0.2) is 0 Å². The topological polar surface area (TPSA) is 35.0 Å². The van der Waals surface area contributed by atoms with Crippen LogP contribution in [0.15, 0.2) is 85.2 Å². The predicted molar refractivity (Wildman–Crippen MR) is 270 cm³/mol. The maximum atomic E-state index is 7.78. The summed E-state index contributed by atoms with van der Waals surface area (Å²) in [6.45, 7) is 9.24. The zero-order chi connectivity index (χ0) is 43.9. The molecule has 2 atom stereocenters. The van der Waals surface area contributed by atoms with E-state index < -0.39 is 0 Å². The molecule has 2 heterocycles. The van der Waals surface area contributed by atoms with Crippen LogP contribution in [0.2, 0.25) is 0 Å². The Kier molecular flexibility index (Phi) is 21.8. The quantitative estimate of drug-likeness (QED) is 0.0534. The molecule has 2 aromatic carbocycles. The zero-order valence-electron chi connectivity index (χ0n) is 40.6. The molecule has 344 valence electrons. The van der Waals surface area contributed by atoms with E-state index in [1.165, 1.54) is 200 Å². The molecule has 6 rings (SSSR count). The van der Waals surface area contributed by atoms with Crippen LogP contribution < -0.4 is 0 Å². The number of pyridine rings is 2. The van der Waals surface area contributed by atoms with Gasteiger partial charge in [-0.05, 0) is 109 Å². The SMILES string of the molecule is CCCCCCCc1ccc(-c2ccc(C(OC(c3ccc(-c4ccc(CCCCCCC)cn4)cc3)C3CCC(CCCCC)CC3)C3CCC(CCCCC)CC3)cc2)nc1. The molecule has 3 nitrogen and oxygen atoms in total. The molecule has 0 radical (unpaired) electrons. The molecule has 0 N–H and O–H groups in total. The molecule has 4 aromatic rings. The maximum Gasteiger partial charge on any atom is 0.0861 e. The third kappa shape index (κ3) is 16.0. The normalized spacial score (nSPS) is 20.1. The number of hydrogen-bond acceptors (Lipinski definition) is 3. The van der Waals surface area contributed by atoms with E-state index >= 15 is 0 Å². The molecule has 2 aliphatic carbocycles. The van der Waals surface area contributed by atoms with Gasteiger partial charge in [0.1, 0.15) is 0 Å². The number of rotatable bonds is 28. The van der Waals surface area contributed by atoms with Gasteiger partial charge in [0.2, 0.25) is 0 Å². The molecule has 2 fully saturated rings. The summed E-state index contributed by atoms with van der Waals surface area (Å²) in [5.41, 5.74) is 9.96. The average molecular weight is 853 g/mol. The Balaban J connectivity index is 1.21. The van der Waals surface area contributed by atoms with E-state index in [-0.39, 0.29) is 12.2 Å². The molecule has 2 saturated carbocycles. The van der Waals surface area contributed by atoms with Crippen LogP contribution in [0.3, 0.4) is 0 Å². The minimum atomic E-state index is 0.0850. The van der Waals surface area contributed by atoms with E-state index in [1.807, 2.05) is 0 Å². The van der Waals surface area contributed by atoms with E-state index in [0.29, 0.717) is 11.8 Å². The van der Waals surface area contributed by atoms with Crippen LogP contribution in [-0.4, -0.2) is 9.97 Å². The van der Waals surface area contributed by atoms with Crippen molar-refractivity contribution in [3.63, 3.8) is 0 Å². The highest BCUT2D eigenvalue weighted by Gasteiger charge is 2.36. The lowest BCUT2D eigenvalue weighted by Crippen LogP contribution is -2.28. The first-order chi connectivity index (χ1) is 31.1. The highest BCUT2D eigenvalue weighted by molar-refractivity contribution is 5.60. The molecule has 2 aromatic heterocycles. The number of benzene rings is 2. The largest absolute Gasteiger partial charge is 0.365 e. The number of ether oxygens (including phenoxy) is 1. The van der Waals surface area contributed by atoms with Gasteiger partial charge in [0.05, 0.1) is 23.6 Å². The van der Waals surface area contributed by atoms with Gasteiger partial charge in [-0.3, -0.25) is 9.97 Å². The molecule has 0 saturated heterocycles. The smallest absolute Gasteiger partial charge is 0.0861 e. The minimum absolute atomic E-state index is 0.0850.